The monoisotopic (exact) mass is 325 g/mol. The van der Waals surface area contributed by atoms with Crippen molar-refractivity contribution >= 4 is 27.9 Å². The second kappa shape index (κ2) is 5.19. The Bertz CT molecular complexity index is 653. The predicted molar refractivity (Wildman–Crippen MR) is 67.4 cm³/mol. The van der Waals surface area contributed by atoms with Gasteiger partial charge in [-0.15, -0.1) is 5.10 Å². The van der Waals surface area contributed by atoms with Crippen LogP contribution in [0.1, 0.15) is 21.0 Å². The number of aromatic nitrogens is 3. The van der Waals surface area contributed by atoms with Gasteiger partial charge in [0.15, 0.2) is 0 Å². The Balaban J connectivity index is 2.52. The van der Waals surface area contributed by atoms with Gasteiger partial charge in [0, 0.05) is 4.47 Å². The zero-order chi connectivity index (χ0) is 14.0. The van der Waals surface area contributed by atoms with Crippen LogP contribution in [0.5, 0.6) is 0 Å². The molecule has 0 aliphatic carbocycles. The topological polar surface area (TPSA) is 94.3 Å². The van der Waals surface area contributed by atoms with E-state index >= 15 is 0 Å². The quantitative estimate of drug-likeness (QED) is 0.859. The molecule has 8 heteroatoms. The van der Waals surface area contributed by atoms with E-state index in [0.717, 1.165) is 0 Å². The van der Waals surface area contributed by atoms with Crippen molar-refractivity contribution in [3.8, 4) is 5.69 Å². The van der Waals surface area contributed by atoms with Gasteiger partial charge in [-0.05, 0) is 18.2 Å². The van der Waals surface area contributed by atoms with Gasteiger partial charge in [-0.25, -0.2) is 19.3 Å². The predicted octanol–water partition coefficient (Wildman–Crippen LogP) is 1.51. The third kappa shape index (κ3) is 2.63. The van der Waals surface area contributed by atoms with Crippen LogP contribution in [0.2, 0.25) is 0 Å². The highest BCUT2D eigenvalue weighted by Crippen LogP contribution is 2.20. The summed E-state index contributed by atoms with van der Waals surface area (Å²) in [5, 5.41) is 13.0. The molecular weight excluding hydrogens is 318 g/mol. The molecule has 0 spiro atoms. The van der Waals surface area contributed by atoms with Gasteiger partial charge in [0.1, 0.15) is 6.33 Å². The number of carboxylic acid groups (broad SMARTS) is 1. The van der Waals surface area contributed by atoms with Gasteiger partial charge in [-0.2, -0.15) is 0 Å². The molecule has 98 valence electrons. The maximum atomic E-state index is 11.3. The fraction of sp³-hybridized carbons (Fsp3) is 0.0909. The number of carboxylic acids is 1. The number of halogens is 1. The van der Waals surface area contributed by atoms with Crippen molar-refractivity contribution in [2.24, 2.45) is 0 Å². The maximum Gasteiger partial charge on any atom is 0.377 e. The standard InChI is InChI=1S/C11H8BrN3O4/c1-19-11(18)9-13-5-15(14-9)8-4-6(12)2-3-7(8)10(16)17/h2-5H,1H3,(H,16,17). The summed E-state index contributed by atoms with van der Waals surface area (Å²) in [7, 11) is 1.21. The lowest BCUT2D eigenvalue weighted by Crippen LogP contribution is -2.08. The molecular formula is C11H8BrN3O4. The average molecular weight is 326 g/mol. The molecule has 7 nitrogen and oxygen atoms in total. The van der Waals surface area contributed by atoms with Crippen molar-refractivity contribution in [1.82, 2.24) is 14.8 Å². The van der Waals surface area contributed by atoms with Crippen LogP contribution in [0.25, 0.3) is 5.69 Å². The van der Waals surface area contributed by atoms with Crippen LogP contribution in [-0.2, 0) is 4.74 Å². The molecule has 0 fully saturated rings. The molecule has 0 atom stereocenters. The summed E-state index contributed by atoms with van der Waals surface area (Å²) in [4.78, 5) is 26.2. The molecule has 0 saturated carbocycles. The van der Waals surface area contributed by atoms with Crippen LogP contribution in [0.15, 0.2) is 29.0 Å². The smallest absolute Gasteiger partial charge is 0.377 e. The van der Waals surface area contributed by atoms with Crippen LogP contribution in [0.4, 0.5) is 0 Å². The fourth-order valence-electron chi connectivity index (χ4n) is 1.44. The highest BCUT2D eigenvalue weighted by atomic mass is 79.9. The number of esters is 1. The van der Waals surface area contributed by atoms with Gasteiger partial charge < -0.3 is 9.84 Å². The van der Waals surface area contributed by atoms with Crippen molar-refractivity contribution in [3.05, 3.63) is 40.4 Å². The minimum atomic E-state index is -1.10. The lowest BCUT2D eigenvalue weighted by atomic mass is 10.2. The van der Waals surface area contributed by atoms with Gasteiger partial charge in [0.05, 0.1) is 18.4 Å². The van der Waals surface area contributed by atoms with Gasteiger partial charge in [-0.3, -0.25) is 0 Å². The van der Waals surface area contributed by atoms with E-state index in [4.69, 9.17) is 5.11 Å². The van der Waals surface area contributed by atoms with Crippen LogP contribution >= 0.6 is 15.9 Å². The van der Waals surface area contributed by atoms with Gasteiger partial charge >= 0.3 is 11.9 Å². The molecule has 0 unspecified atom stereocenters. The Morgan fingerprint density at radius 2 is 2.16 bits per heavy atom. The number of benzene rings is 1. The Kier molecular flexibility index (Phi) is 3.61. The van der Waals surface area contributed by atoms with Crippen molar-refractivity contribution in [2.45, 2.75) is 0 Å². The number of hydrogen-bond acceptors (Lipinski definition) is 5. The van der Waals surface area contributed by atoms with E-state index in [0.29, 0.717) is 10.2 Å². The zero-order valence-electron chi connectivity index (χ0n) is 9.70. The largest absolute Gasteiger partial charge is 0.478 e. The average Bonchev–Trinajstić information content (AvgIpc) is 2.86. The number of aromatic carboxylic acids is 1. The number of rotatable bonds is 3. The SMILES string of the molecule is COC(=O)c1ncn(-c2cc(Br)ccc2C(=O)O)n1. The van der Waals surface area contributed by atoms with Crippen LogP contribution in [-0.4, -0.2) is 38.9 Å². The van der Waals surface area contributed by atoms with E-state index in [1.54, 1.807) is 12.1 Å². The first kappa shape index (κ1) is 13.2. The van der Waals surface area contributed by atoms with Crippen LogP contribution in [0.3, 0.4) is 0 Å². The molecule has 2 rings (SSSR count). The second-order valence-electron chi connectivity index (χ2n) is 3.47. The highest BCUT2D eigenvalue weighted by Gasteiger charge is 2.16. The van der Waals surface area contributed by atoms with E-state index in [1.807, 2.05) is 0 Å². The number of carbonyl (C=O) groups excluding carboxylic acids is 1. The Hall–Kier alpha value is -2.22. The number of carbonyl (C=O) groups is 2. The summed E-state index contributed by atoms with van der Waals surface area (Å²) in [6, 6.07) is 4.60. The molecule has 0 bridgehead atoms. The van der Waals surface area contributed by atoms with Crippen molar-refractivity contribution in [2.75, 3.05) is 7.11 Å². The summed E-state index contributed by atoms with van der Waals surface area (Å²) in [6.45, 7) is 0. The van der Waals surface area contributed by atoms with Gasteiger partial charge in [-0.1, -0.05) is 15.9 Å². The Morgan fingerprint density at radius 3 is 2.79 bits per heavy atom. The molecule has 19 heavy (non-hydrogen) atoms. The number of methoxy groups -OCH3 is 1. The molecule has 1 aromatic heterocycles. The normalized spacial score (nSPS) is 10.2. The highest BCUT2D eigenvalue weighted by molar-refractivity contribution is 9.10. The van der Waals surface area contributed by atoms with E-state index in [9.17, 15) is 9.59 Å². The summed E-state index contributed by atoms with van der Waals surface area (Å²) >= 11 is 3.25. The molecule has 0 aliphatic rings. The first-order valence-corrected chi connectivity index (χ1v) is 5.85. The van der Waals surface area contributed by atoms with Gasteiger partial charge in [0.25, 0.3) is 5.82 Å². The Labute approximate surface area is 116 Å². The molecule has 2 aromatic rings. The fourth-order valence-corrected chi connectivity index (χ4v) is 1.79. The summed E-state index contributed by atoms with van der Waals surface area (Å²) in [5.41, 5.74) is 0.342. The Morgan fingerprint density at radius 1 is 1.42 bits per heavy atom. The molecule has 0 radical (unpaired) electrons. The minimum Gasteiger partial charge on any atom is -0.478 e. The molecule has 1 aromatic carbocycles. The molecule has 0 aliphatic heterocycles. The summed E-state index contributed by atoms with van der Waals surface area (Å²) < 4.78 is 6.38. The molecule has 1 N–H and O–H groups in total. The zero-order valence-corrected chi connectivity index (χ0v) is 11.3. The maximum absolute atomic E-state index is 11.3. The lowest BCUT2D eigenvalue weighted by molar-refractivity contribution is 0.0586. The van der Waals surface area contributed by atoms with Crippen molar-refractivity contribution in [1.29, 1.82) is 0 Å². The third-order valence-corrected chi connectivity index (χ3v) is 2.79. The lowest BCUT2D eigenvalue weighted by Gasteiger charge is -2.05. The first-order chi connectivity index (χ1) is 9.02. The van der Waals surface area contributed by atoms with E-state index in [1.165, 1.54) is 24.2 Å². The number of nitrogens with zero attached hydrogens (tertiary/aromatic N) is 3. The number of ether oxygens (including phenoxy) is 1. The van der Waals surface area contributed by atoms with Crippen molar-refractivity contribution in [3.63, 3.8) is 0 Å². The molecule has 1 heterocycles. The first-order valence-electron chi connectivity index (χ1n) is 5.06. The van der Waals surface area contributed by atoms with Crippen molar-refractivity contribution < 1.29 is 19.4 Å². The van der Waals surface area contributed by atoms with Gasteiger partial charge in [0.2, 0.25) is 0 Å². The van der Waals surface area contributed by atoms with Crippen LogP contribution in [0, 0.1) is 0 Å². The van der Waals surface area contributed by atoms with E-state index in [2.05, 4.69) is 30.7 Å². The van der Waals surface area contributed by atoms with E-state index in [-0.39, 0.29) is 11.4 Å². The second-order valence-corrected chi connectivity index (χ2v) is 4.39. The third-order valence-electron chi connectivity index (χ3n) is 2.30. The number of hydrogen-bond donors (Lipinski definition) is 1. The van der Waals surface area contributed by atoms with Crippen LogP contribution < -0.4 is 0 Å². The molecule has 0 amide bonds. The summed E-state index contributed by atoms with van der Waals surface area (Å²) in [6.07, 6.45) is 1.25. The summed E-state index contributed by atoms with van der Waals surface area (Å²) in [5.74, 6) is -1.93. The molecule has 0 saturated heterocycles. The minimum absolute atomic E-state index is 0.0458. The van der Waals surface area contributed by atoms with E-state index < -0.39 is 11.9 Å².